The van der Waals surface area contributed by atoms with Crippen LogP contribution in [0.5, 0.6) is 0 Å². The number of hydrogen-bond donors (Lipinski definition) is 2. The number of nitrogens with one attached hydrogen (secondary N) is 2. The lowest BCUT2D eigenvalue weighted by molar-refractivity contribution is 0.132. The van der Waals surface area contributed by atoms with E-state index < -0.39 is 22.8 Å². The molecule has 2 aromatic rings. The van der Waals surface area contributed by atoms with Crippen LogP contribution in [0.4, 0.5) is 10.6 Å². The molecule has 1 aromatic carbocycles. The summed E-state index contributed by atoms with van der Waals surface area (Å²) in [6, 6.07) is 8.86. The Morgan fingerprint density at radius 2 is 1.79 bits per heavy atom. The van der Waals surface area contributed by atoms with Gasteiger partial charge in [-0.2, -0.15) is 0 Å². The molecule has 0 spiro atoms. The van der Waals surface area contributed by atoms with Crippen molar-refractivity contribution in [1.29, 1.82) is 0 Å². The van der Waals surface area contributed by atoms with Crippen LogP contribution in [0.15, 0.2) is 45.1 Å². The number of anilines is 1. The van der Waals surface area contributed by atoms with Crippen molar-refractivity contribution >= 4 is 18.1 Å². The lowest BCUT2D eigenvalue weighted by atomic mass is 10.1. The average Bonchev–Trinajstić information content (AvgIpc) is 2.63. The van der Waals surface area contributed by atoms with E-state index >= 15 is 0 Å². The number of carbonyl (C=O) groups is 1. The molecule has 0 aliphatic carbocycles. The van der Waals surface area contributed by atoms with Crippen molar-refractivity contribution in [3.8, 4) is 0 Å². The molecule has 9 heteroatoms. The summed E-state index contributed by atoms with van der Waals surface area (Å²) in [6.07, 6.45) is 1.19. The van der Waals surface area contributed by atoms with Gasteiger partial charge in [0, 0.05) is 19.6 Å². The third-order valence-electron chi connectivity index (χ3n) is 3.75. The zero-order valence-electron chi connectivity index (χ0n) is 16.6. The largest absolute Gasteiger partial charge is 0.391 e. The minimum absolute atomic E-state index is 0.0294. The van der Waals surface area contributed by atoms with Crippen LogP contribution in [-0.4, -0.2) is 26.9 Å². The van der Waals surface area contributed by atoms with E-state index in [1.54, 1.807) is 0 Å². The van der Waals surface area contributed by atoms with Crippen molar-refractivity contribution in [1.82, 2.24) is 14.5 Å². The fraction of sp³-hybridized carbons (Fsp3) is 0.368. The van der Waals surface area contributed by atoms with E-state index in [-0.39, 0.29) is 18.0 Å². The van der Waals surface area contributed by atoms with Gasteiger partial charge in [0.1, 0.15) is 18.0 Å². The fourth-order valence-electron chi connectivity index (χ4n) is 2.39. The summed E-state index contributed by atoms with van der Waals surface area (Å²) in [4.78, 5) is 42.2. The van der Waals surface area contributed by atoms with Crippen LogP contribution in [0, 0.1) is 0 Å². The van der Waals surface area contributed by atoms with Gasteiger partial charge in [-0.05, 0) is 26.3 Å². The fourth-order valence-corrected chi connectivity index (χ4v) is 2.39. The van der Waals surface area contributed by atoms with Gasteiger partial charge >= 0.3 is 11.7 Å². The molecule has 150 valence electrons. The highest BCUT2D eigenvalue weighted by Crippen LogP contribution is 2.08. The molecule has 0 bridgehead atoms. The van der Waals surface area contributed by atoms with Gasteiger partial charge in [-0.25, -0.2) is 9.59 Å². The summed E-state index contributed by atoms with van der Waals surface area (Å²) in [6.45, 7) is 5.66. The maximum atomic E-state index is 12.5. The van der Waals surface area contributed by atoms with E-state index in [9.17, 15) is 14.4 Å². The van der Waals surface area contributed by atoms with Crippen molar-refractivity contribution in [2.75, 3.05) is 5.32 Å². The molecule has 0 unspecified atom stereocenters. The van der Waals surface area contributed by atoms with Crippen LogP contribution in [0.1, 0.15) is 31.9 Å². The first-order chi connectivity index (χ1) is 13.1. The van der Waals surface area contributed by atoms with Crippen LogP contribution in [-0.2, 0) is 25.5 Å². The Bertz CT molecular complexity index is 984. The van der Waals surface area contributed by atoms with Crippen LogP contribution >= 0.6 is 0 Å². The van der Waals surface area contributed by atoms with Gasteiger partial charge in [0.05, 0.1) is 6.21 Å². The van der Waals surface area contributed by atoms with Crippen LogP contribution in [0.2, 0.25) is 0 Å². The molecule has 0 aliphatic rings. The normalized spacial score (nSPS) is 11.5. The summed E-state index contributed by atoms with van der Waals surface area (Å²) in [5.41, 5.74) is -0.715. The SMILES string of the molecule is Cn1c(NC(=O)NC(C)(C)C)c(/C=N/OCc2ccccc2)c(=O)n(C)c1=O. The maximum absolute atomic E-state index is 12.5. The lowest BCUT2D eigenvalue weighted by Gasteiger charge is -2.22. The monoisotopic (exact) mass is 387 g/mol. The zero-order valence-corrected chi connectivity index (χ0v) is 16.6. The van der Waals surface area contributed by atoms with Gasteiger partial charge < -0.3 is 10.2 Å². The lowest BCUT2D eigenvalue weighted by Crippen LogP contribution is -2.46. The quantitative estimate of drug-likeness (QED) is 0.600. The topological polar surface area (TPSA) is 107 Å². The van der Waals surface area contributed by atoms with Gasteiger partial charge in [0.15, 0.2) is 0 Å². The van der Waals surface area contributed by atoms with E-state index in [1.807, 2.05) is 51.1 Å². The zero-order chi connectivity index (χ0) is 20.9. The molecule has 9 nitrogen and oxygen atoms in total. The molecule has 0 saturated heterocycles. The summed E-state index contributed by atoms with van der Waals surface area (Å²) in [5.74, 6) is 0.0295. The Morgan fingerprint density at radius 1 is 1.14 bits per heavy atom. The molecular weight excluding hydrogens is 362 g/mol. The van der Waals surface area contributed by atoms with Crippen LogP contribution in [0.3, 0.4) is 0 Å². The Labute approximate surface area is 162 Å². The molecule has 2 rings (SSSR count). The van der Waals surface area contributed by atoms with E-state index in [0.29, 0.717) is 0 Å². The Hall–Kier alpha value is -3.36. The molecule has 0 radical (unpaired) electrons. The van der Waals surface area contributed by atoms with Gasteiger partial charge in [0.2, 0.25) is 0 Å². The van der Waals surface area contributed by atoms with Crippen molar-refractivity contribution in [2.45, 2.75) is 32.9 Å². The first kappa shape index (κ1) is 20.9. The summed E-state index contributed by atoms with van der Waals surface area (Å²) >= 11 is 0. The number of amides is 2. The number of oxime groups is 1. The minimum atomic E-state index is -0.596. The number of aromatic nitrogens is 2. The van der Waals surface area contributed by atoms with E-state index in [1.165, 1.54) is 24.9 Å². The first-order valence-electron chi connectivity index (χ1n) is 8.68. The van der Waals surface area contributed by atoms with Crippen molar-refractivity contribution in [2.24, 2.45) is 19.3 Å². The molecule has 0 atom stereocenters. The van der Waals surface area contributed by atoms with E-state index in [0.717, 1.165) is 10.1 Å². The molecular formula is C19H25N5O4. The molecule has 0 fully saturated rings. The standard InChI is InChI=1S/C19H25N5O4/c1-19(2,3)22-17(26)21-15-14(16(25)24(5)18(27)23(15)4)11-20-28-12-13-9-7-6-8-10-13/h6-11H,12H2,1-5H3,(H2,21,22,26)/b20-11+. The van der Waals surface area contributed by atoms with Crippen LogP contribution < -0.4 is 21.9 Å². The van der Waals surface area contributed by atoms with Gasteiger partial charge in [-0.3, -0.25) is 19.2 Å². The van der Waals surface area contributed by atoms with Crippen molar-refractivity contribution in [3.05, 3.63) is 62.3 Å². The third-order valence-corrected chi connectivity index (χ3v) is 3.75. The highest BCUT2D eigenvalue weighted by Gasteiger charge is 2.19. The molecule has 2 amide bonds. The number of nitrogens with zero attached hydrogens (tertiary/aromatic N) is 3. The van der Waals surface area contributed by atoms with Crippen molar-refractivity contribution in [3.63, 3.8) is 0 Å². The number of urea groups is 1. The number of rotatable bonds is 5. The van der Waals surface area contributed by atoms with E-state index in [4.69, 9.17) is 4.84 Å². The summed E-state index contributed by atoms with van der Waals surface area (Å²) in [5, 5.41) is 9.10. The predicted octanol–water partition coefficient (Wildman–Crippen LogP) is 1.55. The highest BCUT2D eigenvalue weighted by atomic mass is 16.6. The first-order valence-corrected chi connectivity index (χ1v) is 8.68. The summed E-state index contributed by atoms with van der Waals surface area (Å²) in [7, 11) is 2.81. The Kier molecular flexibility index (Phi) is 6.40. The molecule has 1 aromatic heterocycles. The average molecular weight is 387 g/mol. The molecule has 0 saturated carbocycles. The van der Waals surface area contributed by atoms with Gasteiger partial charge in [-0.1, -0.05) is 35.5 Å². The minimum Gasteiger partial charge on any atom is -0.391 e. The predicted molar refractivity (Wildman–Crippen MR) is 108 cm³/mol. The Balaban J connectivity index is 2.31. The second-order valence-electron chi connectivity index (χ2n) is 7.29. The van der Waals surface area contributed by atoms with Gasteiger partial charge in [-0.15, -0.1) is 0 Å². The van der Waals surface area contributed by atoms with Gasteiger partial charge in [0.25, 0.3) is 5.56 Å². The third kappa shape index (κ3) is 5.32. The second kappa shape index (κ2) is 8.55. The van der Waals surface area contributed by atoms with E-state index in [2.05, 4.69) is 15.8 Å². The number of carbonyl (C=O) groups excluding carboxylic acids is 1. The second-order valence-corrected chi connectivity index (χ2v) is 7.29. The molecule has 2 N–H and O–H groups in total. The summed E-state index contributed by atoms with van der Waals surface area (Å²) < 4.78 is 2.10. The molecule has 28 heavy (non-hydrogen) atoms. The Morgan fingerprint density at radius 3 is 2.39 bits per heavy atom. The molecule has 1 heterocycles. The van der Waals surface area contributed by atoms with Crippen molar-refractivity contribution < 1.29 is 9.63 Å². The number of benzene rings is 1. The number of hydrogen-bond acceptors (Lipinski definition) is 5. The molecule has 0 aliphatic heterocycles. The smallest absolute Gasteiger partial charge is 0.332 e. The highest BCUT2D eigenvalue weighted by molar-refractivity contribution is 5.95. The van der Waals surface area contributed by atoms with Crippen LogP contribution in [0.25, 0.3) is 0 Å². The maximum Gasteiger partial charge on any atom is 0.332 e.